The van der Waals surface area contributed by atoms with E-state index in [-0.39, 0.29) is 32.2 Å². The van der Waals surface area contributed by atoms with Gasteiger partial charge >= 0.3 is 5.97 Å². The fourth-order valence-electron chi connectivity index (χ4n) is 1.61. The molecule has 1 rings (SSSR count). The van der Waals surface area contributed by atoms with Crippen LogP contribution in [0.15, 0.2) is 24.3 Å². The number of aryl methyl sites for hydroxylation is 1. The Labute approximate surface area is 117 Å². The number of carbonyl (C=O) groups excluding carboxylic acids is 1. The average molecular weight is 281 g/mol. The predicted octanol–water partition coefficient (Wildman–Crippen LogP) is 0.933. The van der Waals surface area contributed by atoms with E-state index in [4.69, 9.17) is 14.6 Å². The van der Waals surface area contributed by atoms with Crippen molar-refractivity contribution in [2.45, 2.75) is 6.92 Å². The van der Waals surface area contributed by atoms with Crippen molar-refractivity contribution in [3.8, 4) is 5.75 Å². The monoisotopic (exact) mass is 281 g/mol. The molecule has 0 unspecified atom stereocenters. The highest BCUT2D eigenvalue weighted by molar-refractivity contribution is 5.82. The summed E-state index contributed by atoms with van der Waals surface area (Å²) in [6.07, 6.45) is 0. The molecule has 0 saturated heterocycles. The van der Waals surface area contributed by atoms with Gasteiger partial charge in [0.25, 0.3) is 5.91 Å². The molecule has 1 amide bonds. The molecule has 0 aromatic heterocycles. The van der Waals surface area contributed by atoms with Crippen LogP contribution in [0.3, 0.4) is 0 Å². The molecule has 0 fully saturated rings. The maximum absolute atomic E-state index is 12.0. The number of hydrogen-bond donors (Lipinski definition) is 1. The fourth-order valence-corrected chi connectivity index (χ4v) is 1.61. The van der Waals surface area contributed by atoms with Gasteiger partial charge in [-0.05, 0) is 18.6 Å². The molecule has 1 aromatic rings. The third-order valence-electron chi connectivity index (χ3n) is 2.69. The molecule has 0 saturated carbocycles. The molecule has 6 heteroatoms. The van der Waals surface area contributed by atoms with Gasteiger partial charge in [-0.25, -0.2) is 0 Å². The van der Waals surface area contributed by atoms with E-state index in [1.807, 2.05) is 25.1 Å². The summed E-state index contributed by atoms with van der Waals surface area (Å²) in [7, 11) is 1.49. The Morgan fingerprint density at radius 2 is 2.00 bits per heavy atom. The Hall–Kier alpha value is -2.08. The number of nitrogens with zero attached hydrogens (tertiary/aromatic N) is 1. The topological polar surface area (TPSA) is 76.1 Å². The molecule has 0 heterocycles. The highest BCUT2D eigenvalue weighted by atomic mass is 16.5. The van der Waals surface area contributed by atoms with Crippen molar-refractivity contribution in [1.29, 1.82) is 0 Å². The van der Waals surface area contributed by atoms with Gasteiger partial charge in [0.15, 0.2) is 6.61 Å². The Bertz CT molecular complexity index is 461. The summed E-state index contributed by atoms with van der Waals surface area (Å²) in [5.41, 5.74) is 0.918. The van der Waals surface area contributed by atoms with Crippen LogP contribution in [-0.2, 0) is 14.3 Å². The minimum absolute atomic E-state index is 0.193. The van der Waals surface area contributed by atoms with E-state index < -0.39 is 5.97 Å². The van der Waals surface area contributed by atoms with Gasteiger partial charge in [-0.3, -0.25) is 9.59 Å². The summed E-state index contributed by atoms with van der Waals surface area (Å²) in [4.78, 5) is 23.9. The summed E-state index contributed by atoms with van der Waals surface area (Å²) >= 11 is 0. The van der Waals surface area contributed by atoms with E-state index >= 15 is 0 Å². The largest absolute Gasteiger partial charge is 0.484 e. The second-order valence-electron chi connectivity index (χ2n) is 4.26. The number of para-hydroxylation sites is 1. The van der Waals surface area contributed by atoms with Crippen LogP contribution in [-0.4, -0.2) is 55.3 Å². The molecule has 0 spiro atoms. The molecule has 110 valence electrons. The van der Waals surface area contributed by atoms with Crippen LogP contribution in [0.1, 0.15) is 5.56 Å². The van der Waals surface area contributed by atoms with Crippen molar-refractivity contribution in [3.63, 3.8) is 0 Å². The predicted molar refractivity (Wildman–Crippen MR) is 72.8 cm³/mol. The molecule has 6 nitrogen and oxygen atoms in total. The van der Waals surface area contributed by atoms with Crippen LogP contribution in [0.5, 0.6) is 5.75 Å². The van der Waals surface area contributed by atoms with Crippen LogP contribution < -0.4 is 4.74 Å². The fraction of sp³-hybridized carbons (Fsp3) is 0.429. The zero-order valence-corrected chi connectivity index (χ0v) is 11.7. The summed E-state index contributed by atoms with van der Waals surface area (Å²) in [6.45, 7) is 1.82. The van der Waals surface area contributed by atoms with E-state index in [9.17, 15) is 9.59 Å². The first-order chi connectivity index (χ1) is 9.54. The Morgan fingerprint density at radius 1 is 1.30 bits per heavy atom. The van der Waals surface area contributed by atoms with Crippen molar-refractivity contribution in [3.05, 3.63) is 29.8 Å². The van der Waals surface area contributed by atoms with Crippen LogP contribution in [0.2, 0.25) is 0 Å². The lowest BCUT2D eigenvalue weighted by atomic mass is 10.2. The quantitative estimate of drug-likeness (QED) is 0.767. The normalized spacial score (nSPS) is 10.1. The lowest BCUT2D eigenvalue weighted by Crippen LogP contribution is -2.40. The first-order valence-corrected chi connectivity index (χ1v) is 6.21. The Balaban J connectivity index is 2.57. The average Bonchev–Trinajstić information content (AvgIpc) is 2.41. The van der Waals surface area contributed by atoms with E-state index in [1.165, 1.54) is 12.0 Å². The van der Waals surface area contributed by atoms with Gasteiger partial charge in [0, 0.05) is 13.7 Å². The molecule has 1 N–H and O–H groups in total. The lowest BCUT2D eigenvalue weighted by Gasteiger charge is -2.20. The van der Waals surface area contributed by atoms with Crippen molar-refractivity contribution in [1.82, 2.24) is 4.90 Å². The minimum atomic E-state index is -1.06. The SMILES string of the molecule is COCCN(CC(=O)O)C(=O)COc1ccccc1C. The van der Waals surface area contributed by atoms with Gasteiger partial charge in [0.2, 0.25) is 0 Å². The summed E-state index contributed by atoms with van der Waals surface area (Å²) in [5, 5.41) is 8.79. The van der Waals surface area contributed by atoms with Crippen LogP contribution in [0.4, 0.5) is 0 Å². The molecule has 20 heavy (non-hydrogen) atoms. The molecule has 1 aromatic carbocycles. The highest BCUT2D eigenvalue weighted by Crippen LogP contribution is 2.16. The number of aliphatic carboxylic acids is 1. The van der Waals surface area contributed by atoms with Crippen LogP contribution in [0, 0.1) is 6.92 Å². The summed E-state index contributed by atoms with van der Waals surface area (Å²) in [5.74, 6) is -0.832. The summed E-state index contributed by atoms with van der Waals surface area (Å²) < 4.78 is 10.3. The molecular weight excluding hydrogens is 262 g/mol. The first-order valence-electron chi connectivity index (χ1n) is 6.21. The molecule has 0 aliphatic heterocycles. The van der Waals surface area contributed by atoms with E-state index in [0.717, 1.165) is 5.56 Å². The molecular formula is C14H19NO5. The number of hydrogen-bond acceptors (Lipinski definition) is 4. The van der Waals surface area contributed by atoms with Gasteiger partial charge in [0.05, 0.1) is 6.61 Å². The lowest BCUT2D eigenvalue weighted by molar-refractivity contribution is -0.145. The molecule has 0 radical (unpaired) electrons. The van der Waals surface area contributed by atoms with Gasteiger partial charge in [0.1, 0.15) is 12.3 Å². The second kappa shape index (κ2) is 8.16. The minimum Gasteiger partial charge on any atom is -0.484 e. The molecule has 0 bridgehead atoms. The number of carboxylic acid groups (broad SMARTS) is 1. The van der Waals surface area contributed by atoms with Crippen molar-refractivity contribution < 1.29 is 24.2 Å². The Morgan fingerprint density at radius 3 is 2.60 bits per heavy atom. The van der Waals surface area contributed by atoms with Gasteiger partial charge in [-0.15, -0.1) is 0 Å². The number of benzene rings is 1. The van der Waals surface area contributed by atoms with Crippen molar-refractivity contribution in [2.75, 3.05) is 33.4 Å². The van der Waals surface area contributed by atoms with E-state index in [0.29, 0.717) is 5.75 Å². The number of carbonyl (C=O) groups is 2. The second-order valence-corrected chi connectivity index (χ2v) is 4.26. The van der Waals surface area contributed by atoms with Gasteiger partial charge in [-0.1, -0.05) is 18.2 Å². The van der Waals surface area contributed by atoms with Crippen molar-refractivity contribution >= 4 is 11.9 Å². The third-order valence-corrected chi connectivity index (χ3v) is 2.69. The maximum Gasteiger partial charge on any atom is 0.323 e. The highest BCUT2D eigenvalue weighted by Gasteiger charge is 2.17. The first kappa shape index (κ1) is 16.0. The number of carboxylic acids is 1. The van der Waals surface area contributed by atoms with Crippen LogP contribution >= 0.6 is 0 Å². The van der Waals surface area contributed by atoms with Crippen molar-refractivity contribution in [2.24, 2.45) is 0 Å². The van der Waals surface area contributed by atoms with Gasteiger partial charge < -0.3 is 19.5 Å². The Kier molecular flexibility index (Phi) is 6.52. The molecule has 0 atom stereocenters. The zero-order valence-electron chi connectivity index (χ0n) is 11.7. The van der Waals surface area contributed by atoms with E-state index in [2.05, 4.69) is 0 Å². The summed E-state index contributed by atoms with van der Waals surface area (Å²) in [6, 6.07) is 7.32. The van der Waals surface area contributed by atoms with E-state index in [1.54, 1.807) is 6.07 Å². The number of amides is 1. The van der Waals surface area contributed by atoms with Gasteiger partial charge in [-0.2, -0.15) is 0 Å². The maximum atomic E-state index is 12.0. The zero-order chi connectivity index (χ0) is 15.0. The smallest absolute Gasteiger partial charge is 0.323 e. The number of rotatable bonds is 8. The molecule has 0 aliphatic rings. The number of ether oxygens (including phenoxy) is 2. The standard InChI is InChI=1S/C14H19NO5/c1-11-5-3-4-6-12(11)20-10-13(16)15(7-8-19-2)9-14(17)18/h3-6H,7-10H2,1-2H3,(H,17,18). The number of methoxy groups -OCH3 is 1. The molecule has 0 aliphatic carbocycles. The third kappa shape index (κ3) is 5.27. The van der Waals surface area contributed by atoms with Crippen LogP contribution in [0.25, 0.3) is 0 Å².